The number of anilines is 1. The summed E-state index contributed by atoms with van der Waals surface area (Å²) in [6, 6.07) is 3.15. The number of hydrogen-bond donors (Lipinski definition) is 1. The van der Waals surface area contributed by atoms with E-state index in [0.717, 1.165) is 18.6 Å². The summed E-state index contributed by atoms with van der Waals surface area (Å²) in [6.07, 6.45) is -3.84. The summed E-state index contributed by atoms with van der Waals surface area (Å²) in [7, 11) is 1.71. The second-order valence-corrected chi connectivity index (χ2v) is 3.95. The molecule has 100 valence electrons. The predicted molar refractivity (Wildman–Crippen MR) is 62.0 cm³/mol. The highest BCUT2D eigenvalue weighted by Crippen LogP contribution is 2.33. The van der Waals surface area contributed by atoms with E-state index in [1.807, 2.05) is 6.92 Å². The molecule has 1 N–H and O–H groups in total. The molecule has 0 bridgehead atoms. The summed E-state index contributed by atoms with van der Waals surface area (Å²) < 4.78 is 37.8. The standard InChI is InChI=1S/C12H14F3NO2/c1-3-6-16(2)8-4-5-10(12(13,14)15)9(7-8)11(17)18/h4-5,7H,3,6H2,1-2H3,(H,17,18). The van der Waals surface area contributed by atoms with E-state index in [4.69, 9.17) is 5.11 Å². The van der Waals surface area contributed by atoms with Crippen LogP contribution in [0.25, 0.3) is 0 Å². The van der Waals surface area contributed by atoms with Crippen LogP contribution in [0, 0.1) is 0 Å². The SMILES string of the molecule is CCCN(C)c1ccc(C(F)(F)F)c(C(=O)O)c1. The van der Waals surface area contributed by atoms with Gasteiger partial charge in [-0.05, 0) is 24.6 Å². The normalized spacial score (nSPS) is 11.4. The van der Waals surface area contributed by atoms with Gasteiger partial charge in [-0.2, -0.15) is 13.2 Å². The van der Waals surface area contributed by atoms with Crippen LogP contribution in [-0.4, -0.2) is 24.7 Å². The molecule has 6 heteroatoms. The molecule has 0 spiro atoms. The van der Waals surface area contributed by atoms with Crippen LogP contribution in [0.2, 0.25) is 0 Å². The van der Waals surface area contributed by atoms with Gasteiger partial charge in [0.15, 0.2) is 0 Å². The van der Waals surface area contributed by atoms with Crippen LogP contribution in [0.3, 0.4) is 0 Å². The first-order valence-electron chi connectivity index (χ1n) is 5.43. The molecule has 0 aromatic heterocycles. The molecule has 0 radical (unpaired) electrons. The van der Waals surface area contributed by atoms with Crippen molar-refractivity contribution in [2.45, 2.75) is 19.5 Å². The van der Waals surface area contributed by atoms with E-state index in [1.54, 1.807) is 11.9 Å². The van der Waals surface area contributed by atoms with Crippen LogP contribution in [0.4, 0.5) is 18.9 Å². The quantitative estimate of drug-likeness (QED) is 0.904. The lowest BCUT2D eigenvalue weighted by Gasteiger charge is -2.20. The van der Waals surface area contributed by atoms with Crippen LogP contribution in [0.15, 0.2) is 18.2 Å². The highest BCUT2D eigenvalue weighted by Gasteiger charge is 2.35. The second kappa shape index (κ2) is 5.29. The first-order valence-corrected chi connectivity index (χ1v) is 5.43. The lowest BCUT2D eigenvalue weighted by Crippen LogP contribution is -2.20. The fourth-order valence-electron chi connectivity index (χ4n) is 1.66. The smallest absolute Gasteiger partial charge is 0.417 e. The molecule has 0 aliphatic carbocycles. The fourth-order valence-corrected chi connectivity index (χ4v) is 1.66. The topological polar surface area (TPSA) is 40.5 Å². The molecule has 0 aliphatic heterocycles. The minimum Gasteiger partial charge on any atom is -0.478 e. The van der Waals surface area contributed by atoms with Crippen LogP contribution < -0.4 is 4.90 Å². The van der Waals surface area contributed by atoms with Crippen molar-refractivity contribution >= 4 is 11.7 Å². The molecule has 0 saturated heterocycles. The summed E-state index contributed by atoms with van der Waals surface area (Å²) >= 11 is 0. The third-order valence-electron chi connectivity index (χ3n) is 2.54. The van der Waals surface area contributed by atoms with Gasteiger partial charge in [0.05, 0.1) is 11.1 Å². The van der Waals surface area contributed by atoms with Crippen LogP contribution >= 0.6 is 0 Å². The van der Waals surface area contributed by atoms with Crippen LogP contribution in [0.1, 0.15) is 29.3 Å². The number of aromatic carboxylic acids is 1. The Bertz CT molecular complexity index is 443. The van der Waals surface area contributed by atoms with Gasteiger partial charge in [0.1, 0.15) is 0 Å². The molecule has 18 heavy (non-hydrogen) atoms. The number of nitrogens with zero attached hydrogens (tertiary/aromatic N) is 1. The molecule has 1 aromatic carbocycles. The highest BCUT2D eigenvalue weighted by atomic mass is 19.4. The minimum atomic E-state index is -4.66. The molecule has 0 amide bonds. The number of hydrogen-bond acceptors (Lipinski definition) is 2. The van der Waals surface area contributed by atoms with Crippen molar-refractivity contribution in [3.8, 4) is 0 Å². The zero-order valence-electron chi connectivity index (χ0n) is 10.1. The van der Waals surface area contributed by atoms with Crippen molar-refractivity contribution < 1.29 is 23.1 Å². The lowest BCUT2D eigenvalue weighted by molar-refractivity contribution is -0.138. The largest absolute Gasteiger partial charge is 0.478 e. The Kier molecular flexibility index (Phi) is 4.21. The Morgan fingerprint density at radius 2 is 2.00 bits per heavy atom. The van der Waals surface area contributed by atoms with E-state index in [1.165, 1.54) is 6.07 Å². The van der Waals surface area contributed by atoms with E-state index in [-0.39, 0.29) is 0 Å². The molecular weight excluding hydrogens is 247 g/mol. The summed E-state index contributed by atoms with van der Waals surface area (Å²) in [5.41, 5.74) is -1.38. The van der Waals surface area contributed by atoms with Gasteiger partial charge in [0.25, 0.3) is 0 Å². The highest BCUT2D eigenvalue weighted by molar-refractivity contribution is 5.91. The van der Waals surface area contributed by atoms with Gasteiger partial charge in [0.2, 0.25) is 0 Å². The van der Waals surface area contributed by atoms with E-state index in [9.17, 15) is 18.0 Å². The van der Waals surface area contributed by atoms with Gasteiger partial charge in [-0.25, -0.2) is 4.79 Å². The number of carboxylic acid groups (broad SMARTS) is 1. The molecule has 3 nitrogen and oxygen atoms in total. The van der Waals surface area contributed by atoms with Gasteiger partial charge >= 0.3 is 12.1 Å². The molecule has 1 aromatic rings. The Balaban J connectivity index is 3.24. The maximum Gasteiger partial charge on any atom is 0.417 e. The van der Waals surface area contributed by atoms with E-state index < -0.39 is 23.3 Å². The summed E-state index contributed by atoms with van der Waals surface area (Å²) in [4.78, 5) is 12.6. The van der Waals surface area contributed by atoms with Gasteiger partial charge < -0.3 is 10.0 Å². The first-order chi connectivity index (χ1) is 8.27. The number of carbonyl (C=O) groups is 1. The second-order valence-electron chi connectivity index (χ2n) is 3.95. The molecule has 0 atom stereocenters. The Hall–Kier alpha value is -1.72. The van der Waals surface area contributed by atoms with Crippen molar-refractivity contribution in [2.24, 2.45) is 0 Å². The maximum absolute atomic E-state index is 12.6. The molecule has 0 fully saturated rings. The molecule has 1 rings (SSSR count). The summed E-state index contributed by atoms with van der Waals surface area (Å²) in [6.45, 7) is 2.57. The van der Waals surface area contributed by atoms with E-state index >= 15 is 0 Å². The van der Waals surface area contributed by atoms with Crippen LogP contribution in [0.5, 0.6) is 0 Å². The van der Waals surface area contributed by atoms with Crippen molar-refractivity contribution in [3.05, 3.63) is 29.3 Å². The molecular formula is C12H14F3NO2. The minimum absolute atomic E-state index is 0.460. The van der Waals surface area contributed by atoms with Gasteiger partial charge in [0, 0.05) is 19.3 Å². The van der Waals surface area contributed by atoms with Crippen molar-refractivity contribution in [1.82, 2.24) is 0 Å². The van der Waals surface area contributed by atoms with Gasteiger partial charge in [-0.3, -0.25) is 0 Å². The van der Waals surface area contributed by atoms with E-state index in [0.29, 0.717) is 12.2 Å². The van der Waals surface area contributed by atoms with Crippen molar-refractivity contribution in [1.29, 1.82) is 0 Å². The Morgan fingerprint density at radius 3 is 2.44 bits per heavy atom. The van der Waals surface area contributed by atoms with Gasteiger partial charge in [-0.15, -0.1) is 0 Å². The Labute approximate surface area is 103 Å². The zero-order chi connectivity index (χ0) is 13.9. The number of alkyl halides is 3. The van der Waals surface area contributed by atoms with Crippen molar-refractivity contribution in [2.75, 3.05) is 18.5 Å². The average molecular weight is 261 g/mol. The first kappa shape index (κ1) is 14.3. The van der Waals surface area contributed by atoms with E-state index in [2.05, 4.69) is 0 Å². The summed E-state index contributed by atoms with van der Waals surface area (Å²) in [5.74, 6) is -1.57. The summed E-state index contributed by atoms with van der Waals surface area (Å²) in [5, 5.41) is 8.85. The zero-order valence-corrected chi connectivity index (χ0v) is 10.1. The molecule has 0 heterocycles. The number of carboxylic acids is 1. The number of benzene rings is 1. The molecule has 0 unspecified atom stereocenters. The maximum atomic E-state index is 12.6. The fraction of sp³-hybridized carbons (Fsp3) is 0.417. The monoisotopic (exact) mass is 261 g/mol. The third kappa shape index (κ3) is 3.15. The third-order valence-corrected chi connectivity index (χ3v) is 2.54. The predicted octanol–water partition coefficient (Wildman–Crippen LogP) is 3.25. The Morgan fingerprint density at radius 1 is 1.39 bits per heavy atom. The number of halogens is 3. The average Bonchev–Trinajstić information content (AvgIpc) is 2.27. The van der Waals surface area contributed by atoms with Crippen LogP contribution in [-0.2, 0) is 6.18 Å². The lowest BCUT2D eigenvalue weighted by atomic mass is 10.1. The van der Waals surface area contributed by atoms with Crippen molar-refractivity contribution in [3.63, 3.8) is 0 Å². The molecule has 0 saturated carbocycles. The molecule has 0 aliphatic rings. The van der Waals surface area contributed by atoms with Gasteiger partial charge in [-0.1, -0.05) is 6.92 Å². The number of rotatable bonds is 4.